The monoisotopic (exact) mass is 334 g/mol. The van der Waals surface area contributed by atoms with E-state index in [2.05, 4.69) is 21.2 Å². The average molecular weight is 336 g/mol. The van der Waals surface area contributed by atoms with E-state index in [0.717, 1.165) is 36.8 Å². The van der Waals surface area contributed by atoms with E-state index in [9.17, 15) is 4.79 Å². The molecule has 1 N–H and O–H groups in total. The van der Waals surface area contributed by atoms with Crippen LogP contribution in [0, 0.1) is 0 Å². The molecule has 0 radical (unpaired) electrons. The van der Waals surface area contributed by atoms with Crippen LogP contribution in [-0.2, 0) is 0 Å². The molecule has 2 atom stereocenters. The molecule has 2 saturated heterocycles. The first-order chi connectivity index (χ1) is 8.27. The van der Waals surface area contributed by atoms with Crippen molar-refractivity contribution in [3.05, 3.63) is 22.6 Å². The number of rotatable bonds is 1. The third-order valence-electron chi connectivity index (χ3n) is 3.70. The highest BCUT2D eigenvalue weighted by Gasteiger charge is 2.39. The van der Waals surface area contributed by atoms with Crippen molar-refractivity contribution < 1.29 is 9.21 Å². The third-order valence-corrected chi connectivity index (χ3v) is 4.32. The van der Waals surface area contributed by atoms with E-state index in [4.69, 9.17) is 4.42 Å². The van der Waals surface area contributed by atoms with E-state index in [0.29, 0.717) is 17.8 Å². The second-order valence-electron chi connectivity index (χ2n) is 4.69. The van der Waals surface area contributed by atoms with Gasteiger partial charge in [-0.3, -0.25) is 4.79 Å². The summed E-state index contributed by atoms with van der Waals surface area (Å²) in [4.78, 5) is 14.5. The molecule has 3 rings (SSSR count). The SMILES string of the molecule is Cl.O=C(c1occc1Br)N1C2CCNCC1CC2. The van der Waals surface area contributed by atoms with Crippen molar-refractivity contribution in [2.75, 3.05) is 13.1 Å². The first-order valence-corrected chi connectivity index (χ1v) is 6.83. The van der Waals surface area contributed by atoms with Crippen molar-refractivity contribution in [1.29, 1.82) is 0 Å². The summed E-state index contributed by atoms with van der Waals surface area (Å²) in [5.74, 6) is 0.460. The van der Waals surface area contributed by atoms with Crippen LogP contribution < -0.4 is 5.32 Å². The lowest BCUT2D eigenvalue weighted by Gasteiger charge is -2.27. The van der Waals surface area contributed by atoms with E-state index >= 15 is 0 Å². The second-order valence-corrected chi connectivity index (χ2v) is 5.54. The summed E-state index contributed by atoms with van der Waals surface area (Å²) < 4.78 is 6.04. The minimum absolute atomic E-state index is 0. The number of fused-ring (bicyclic) bond motifs is 2. The van der Waals surface area contributed by atoms with Crippen molar-refractivity contribution in [3.8, 4) is 0 Å². The van der Waals surface area contributed by atoms with E-state index in [1.807, 2.05) is 4.90 Å². The van der Waals surface area contributed by atoms with Crippen LogP contribution in [0.3, 0.4) is 0 Å². The average Bonchev–Trinajstić information content (AvgIpc) is 2.81. The van der Waals surface area contributed by atoms with Crippen molar-refractivity contribution in [2.45, 2.75) is 31.3 Å². The predicted octanol–water partition coefficient (Wildman–Crippen LogP) is 2.43. The molecule has 100 valence electrons. The van der Waals surface area contributed by atoms with E-state index in [1.165, 1.54) is 0 Å². The number of amides is 1. The lowest BCUT2D eigenvalue weighted by molar-refractivity contribution is 0.0646. The first-order valence-electron chi connectivity index (χ1n) is 6.04. The zero-order valence-electron chi connectivity index (χ0n) is 9.89. The van der Waals surface area contributed by atoms with Crippen LogP contribution in [0.5, 0.6) is 0 Å². The summed E-state index contributed by atoms with van der Waals surface area (Å²) in [5, 5.41) is 3.39. The van der Waals surface area contributed by atoms with Gasteiger partial charge in [0.05, 0.1) is 10.7 Å². The fourth-order valence-corrected chi connectivity index (χ4v) is 3.25. The Bertz CT molecular complexity index is 423. The normalized spacial score (nSPS) is 26.6. The first kappa shape index (κ1) is 13.9. The highest BCUT2D eigenvalue weighted by molar-refractivity contribution is 9.10. The quantitative estimate of drug-likeness (QED) is 0.857. The lowest BCUT2D eigenvalue weighted by Crippen LogP contribution is -2.42. The van der Waals surface area contributed by atoms with Crippen LogP contribution >= 0.6 is 28.3 Å². The molecule has 2 fully saturated rings. The van der Waals surface area contributed by atoms with Gasteiger partial charge in [0, 0.05) is 18.6 Å². The maximum atomic E-state index is 12.5. The zero-order chi connectivity index (χ0) is 11.8. The van der Waals surface area contributed by atoms with Crippen LogP contribution in [0.4, 0.5) is 0 Å². The van der Waals surface area contributed by atoms with Crippen molar-refractivity contribution >= 4 is 34.2 Å². The number of carbonyl (C=O) groups excluding carboxylic acids is 1. The van der Waals surface area contributed by atoms with Gasteiger partial charge in [-0.15, -0.1) is 12.4 Å². The number of carbonyl (C=O) groups is 1. The van der Waals surface area contributed by atoms with Gasteiger partial charge in [0.1, 0.15) is 0 Å². The molecule has 0 spiro atoms. The Hall–Kier alpha value is -0.520. The van der Waals surface area contributed by atoms with Gasteiger partial charge in [-0.2, -0.15) is 0 Å². The lowest BCUT2D eigenvalue weighted by atomic mass is 10.1. The van der Waals surface area contributed by atoms with Gasteiger partial charge in [0.15, 0.2) is 0 Å². The summed E-state index contributed by atoms with van der Waals surface area (Å²) >= 11 is 3.36. The molecule has 2 aliphatic heterocycles. The Labute approximate surface area is 121 Å². The molecule has 6 heteroatoms. The number of hydrogen-bond acceptors (Lipinski definition) is 3. The van der Waals surface area contributed by atoms with Gasteiger partial charge in [-0.1, -0.05) is 0 Å². The second kappa shape index (κ2) is 5.63. The Morgan fingerprint density at radius 1 is 1.39 bits per heavy atom. The molecule has 2 bridgehead atoms. The van der Waals surface area contributed by atoms with Crippen LogP contribution in [0.2, 0.25) is 0 Å². The summed E-state index contributed by atoms with van der Waals surface area (Å²) in [6.07, 6.45) is 4.81. The number of furan rings is 1. The summed E-state index contributed by atoms with van der Waals surface area (Å²) in [7, 11) is 0. The topological polar surface area (TPSA) is 45.5 Å². The highest BCUT2D eigenvalue weighted by atomic mass is 79.9. The molecular formula is C12H16BrClN2O2. The van der Waals surface area contributed by atoms with Crippen LogP contribution in [-0.4, -0.2) is 36.0 Å². The molecule has 0 aromatic carbocycles. The molecule has 4 nitrogen and oxygen atoms in total. The molecule has 18 heavy (non-hydrogen) atoms. The van der Waals surface area contributed by atoms with Gasteiger partial charge < -0.3 is 14.6 Å². The largest absolute Gasteiger partial charge is 0.458 e. The Morgan fingerprint density at radius 2 is 2.17 bits per heavy atom. The van der Waals surface area contributed by atoms with Gasteiger partial charge in [-0.25, -0.2) is 0 Å². The fourth-order valence-electron chi connectivity index (χ4n) is 2.88. The van der Waals surface area contributed by atoms with Gasteiger partial charge in [-0.05, 0) is 47.8 Å². The van der Waals surface area contributed by atoms with Crippen LogP contribution in [0.25, 0.3) is 0 Å². The van der Waals surface area contributed by atoms with E-state index in [-0.39, 0.29) is 18.3 Å². The Kier molecular flexibility index (Phi) is 4.35. The number of nitrogens with zero attached hydrogens (tertiary/aromatic N) is 1. The molecule has 0 saturated carbocycles. The Morgan fingerprint density at radius 3 is 2.89 bits per heavy atom. The standard InChI is InChI=1S/C12H15BrN2O2.ClH/c13-10-4-6-17-11(10)12(16)15-8-1-2-9(15)7-14-5-3-8;/h4,6,8-9,14H,1-3,5,7H2;1H. The molecule has 3 heterocycles. The zero-order valence-corrected chi connectivity index (χ0v) is 12.3. The summed E-state index contributed by atoms with van der Waals surface area (Å²) in [6.45, 7) is 1.91. The Balaban J connectivity index is 0.00000120. The molecule has 2 aliphatic rings. The van der Waals surface area contributed by atoms with Gasteiger partial charge >= 0.3 is 0 Å². The molecular weight excluding hydrogens is 320 g/mol. The maximum Gasteiger partial charge on any atom is 0.291 e. The molecule has 1 aromatic rings. The number of nitrogens with one attached hydrogen (secondary N) is 1. The van der Waals surface area contributed by atoms with Crippen molar-refractivity contribution in [3.63, 3.8) is 0 Å². The van der Waals surface area contributed by atoms with E-state index in [1.54, 1.807) is 12.3 Å². The highest BCUT2D eigenvalue weighted by Crippen LogP contribution is 2.31. The third kappa shape index (κ3) is 2.31. The van der Waals surface area contributed by atoms with E-state index < -0.39 is 0 Å². The van der Waals surface area contributed by atoms with Crippen molar-refractivity contribution in [1.82, 2.24) is 10.2 Å². The van der Waals surface area contributed by atoms with Crippen molar-refractivity contribution in [2.24, 2.45) is 0 Å². The number of halogens is 2. The van der Waals surface area contributed by atoms with Gasteiger partial charge in [0.25, 0.3) is 5.91 Å². The minimum atomic E-state index is 0. The van der Waals surface area contributed by atoms with Gasteiger partial charge in [0.2, 0.25) is 5.76 Å². The molecule has 0 aliphatic carbocycles. The minimum Gasteiger partial charge on any atom is -0.458 e. The number of hydrogen-bond donors (Lipinski definition) is 1. The molecule has 1 aromatic heterocycles. The smallest absolute Gasteiger partial charge is 0.291 e. The summed E-state index contributed by atoms with van der Waals surface area (Å²) in [5.41, 5.74) is 0. The fraction of sp³-hybridized carbons (Fsp3) is 0.583. The molecule has 1 amide bonds. The molecule has 2 unspecified atom stereocenters. The van der Waals surface area contributed by atoms with Crippen LogP contribution in [0.15, 0.2) is 21.2 Å². The van der Waals surface area contributed by atoms with Crippen LogP contribution in [0.1, 0.15) is 29.8 Å². The maximum absolute atomic E-state index is 12.5. The predicted molar refractivity (Wildman–Crippen MR) is 74.1 cm³/mol. The summed E-state index contributed by atoms with van der Waals surface area (Å²) in [6, 6.07) is 2.47.